The van der Waals surface area contributed by atoms with Gasteiger partial charge in [0.1, 0.15) is 0 Å². The number of carbonyl (C=O) groups is 1. The molecular weight excluding hydrogens is 268 g/mol. The van der Waals surface area contributed by atoms with Gasteiger partial charge in [-0.05, 0) is 30.9 Å². The van der Waals surface area contributed by atoms with E-state index < -0.39 is 0 Å². The number of carbonyl (C=O) groups excluding carboxylic acids is 1. The lowest BCUT2D eigenvalue weighted by atomic mass is 10.1. The first-order valence-corrected chi connectivity index (χ1v) is 7.44. The van der Waals surface area contributed by atoms with E-state index in [2.05, 4.69) is 16.5 Å². The predicted molar refractivity (Wildman–Crippen MR) is 79.4 cm³/mol. The number of aromatic nitrogens is 1. The maximum atomic E-state index is 11.8. The van der Waals surface area contributed by atoms with Crippen LogP contribution in [-0.4, -0.2) is 23.8 Å². The highest BCUT2D eigenvalue weighted by atomic mass is 16.8. The first-order valence-electron chi connectivity index (χ1n) is 7.44. The van der Waals surface area contributed by atoms with Crippen molar-refractivity contribution in [2.24, 2.45) is 0 Å². The Morgan fingerprint density at radius 1 is 1.38 bits per heavy atom. The van der Waals surface area contributed by atoms with E-state index in [1.807, 2.05) is 24.4 Å². The summed E-state index contributed by atoms with van der Waals surface area (Å²) in [5.74, 6) is -0.116. The molecule has 5 nitrogen and oxygen atoms in total. The van der Waals surface area contributed by atoms with Crippen LogP contribution in [-0.2, 0) is 20.8 Å². The zero-order valence-electron chi connectivity index (χ0n) is 11.9. The van der Waals surface area contributed by atoms with Crippen molar-refractivity contribution >= 4 is 16.8 Å². The van der Waals surface area contributed by atoms with Crippen molar-refractivity contribution in [1.82, 2.24) is 10.5 Å². The van der Waals surface area contributed by atoms with Crippen LogP contribution < -0.4 is 5.48 Å². The monoisotopic (exact) mass is 288 g/mol. The van der Waals surface area contributed by atoms with Gasteiger partial charge in [0, 0.05) is 36.5 Å². The van der Waals surface area contributed by atoms with E-state index in [0.29, 0.717) is 19.4 Å². The Morgan fingerprint density at radius 3 is 3.14 bits per heavy atom. The van der Waals surface area contributed by atoms with Crippen LogP contribution in [0.1, 0.15) is 31.2 Å². The minimum Gasteiger partial charge on any atom is -0.361 e. The van der Waals surface area contributed by atoms with Crippen molar-refractivity contribution in [1.29, 1.82) is 0 Å². The van der Waals surface area contributed by atoms with Gasteiger partial charge in [-0.2, -0.15) is 0 Å². The zero-order valence-corrected chi connectivity index (χ0v) is 11.9. The Labute approximate surface area is 123 Å². The highest BCUT2D eigenvalue weighted by Crippen LogP contribution is 2.19. The molecule has 0 saturated carbocycles. The molecule has 1 aromatic heterocycles. The van der Waals surface area contributed by atoms with Crippen molar-refractivity contribution in [2.75, 3.05) is 6.61 Å². The van der Waals surface area contributed by atoms with Crippen LogP contribution in [0.3, 0.4) is 0 Å². The molecule has 3 rings (SSSR count). The first kappa shape index (κ1) is 14.1. The van der Waals surface area contributed by atoms with Crippen LogP contribution >= 0.6 is 0 Å². The van der Waals surface area contributed by atoms with Gasteiger partial charge >= 0.3 is 0 Å². The van der Waals surface area contributed by atoms with Gasteiger partial charge < -0.3 is 9.72 Å². The number of nitrogens with one attached hydrogen (secondary N) is 2. The van der Waals surface area contributed by atoms with Gasteiger partial charge in [-0.1, -0.05) is 18.2 Å². The average Bonchev–Trinajstić information content (AvgIpc) is 2.95. The number of hydrogen-bond donors (Lipinski definition) is 2. The van der Waals surface area contributed by atoms with Crippen molar-refractivity contribution in [3.05, 3.63) is 36.0 Å². The molecule has 0 spiro atoms. The molecule has 0 radical (unpaired) electrons. The van der Waals surface area contributed by atoms with Crippen LogP contribution in [0.2, 0.25) is 0 Å². The quantitative estimate of drug-likeness (QED) is 0.831. The minimum absolute atomic E-state index is 0.116. The third-order valence-corrected chi connectivity index (χ3v) is 3.74. The van der Waals surface area contributed by atoms with Crippen LogP contribution in [0.15, 0.2) is 30.5 Å². The summed E-state index contributed by atoms with van der Waals surface area (Å²) in [6.45, 7) is 0.704. The molecule has 21 heavy (non-hydrogen) atoms. The summed E-state index contributed by atoms with van der Waals surface area (Å²) in [5, 5.41) is 1.17. The second-order valence-corrected chi connectivity index (χ2v) is 5.30. The van der Waals surface area contributed by atoms with E-state index in [1.54, 1.807) is 0 Å². The largest absolute Gasteiger partial charge is 0.361 e. The Balaban J connectivity index is 1.47. The number of para-hydroxylation sites is 1. The highest BCUT2D eigenvalue weighted by Gasteiger charge is 2.15. The lowest BCUT2D eigenvalue weighted by Gasteiger charge is -2.22. The Hall–Kier alpha value is -1.85. The number of fused-ring (bicyclic) bond motifs is 1. The summed E-state index contributed by atoms with van der Waals surface area (Å²) in [4.78, 5) is 20.3. The fourth-order valence-corrected chi connectivity index (χ4v) is 2.57. The van der Waals surface area contributed by atoms with Gasteiger partial charge in [-0.3, -0.25) is 4.79 Å². The van der Waals surface area contributed by atoms with Gasteiger partial charge in [0.2, 0.25) is 5.91 Å². The molecule has 2 aromatic rings. The van der Waals surface area contributed by atoms with Crippen molar-refractivity contribution in [2.45, 2.75) is 38.4 Å². The van der Waals surface area contributed by atoms with Crippen molar-refractivity contribution < 1.29 is 14.4 Å². The van der Waals surface area contributed by atoms with Gasteiger partial charge in [-0.15, -0.1) is 0 Å². The Morgan fingerprint density at radius 2 is 2.29 bits per heavy atom. The lowest BCUT2D eigenvalue weighted by Crippen LogP contribution is -2.33. The topological polar surface area (TPSA) is 63.4 Å². The number of benzene rings is 1. The maximum absolute atomic E-state index is 11.8. The fraction of sp³-hybridized carbons (Fsp3) is 0.438. The molecule has 1 atom stereocenters. The standard InChI is InChI=1S/C16H20N2O3/c19-15(18-21-16-7-3-4-10-20-16)9-8-12-11-17-14-6-2-1-5-13(12)14/h1-2,5-6,11,16-17H,3-4,7-10H2,(H,18,19)/t16-/m0/s1. The minimum atomic E-state index is -0.296. The van der Waals surface area contributed by atoms with Crippen molar-refractivity contribution in [3.63, 3.8) is 0 Å². The van der Waals surface area contributed by atoms with Gasteiger partial charge in [0.15, 0.2) is 6.29 Å². The normalized spacial score (nSPS) is 18.8. The molecule has 1 amide bonds. The van der Waals surface area contributed by atoms with Crippen LogP contribution in [0, 0.1) is 0 Å². The Kier molecular flexibility index (Phi) is 4.52. The molecular formula is C16H20N2O3. The van der Waals surface area contributed by atoms with E-state index >= 15 is 0 Å². The molecule has 2 heterocycles. The second kappa shape index (κ2) is 6.74. The molecule has 1 fully saturated rings. The van der Waals surface area contributed by atoms with E-state index in [1.165, 1.54) is 5.39 Å². The average molecular weight is 288 g/mol. The molecule has 5 heteroatoms. The summed E-state index contributed by atoms with van der Waals surface area (Å²) in [5.41, 5.74) is 4.73. The molecule has 1 aliphatic heterocycles. The zero-order chi connectivity index (χ0) is 14.5. The summed E-state index contributed by atoms with van der Waals surface area (Å²) in [6.07, 6.45) is 5.73. The molecule has 1 aliphatic rings. The number of aromatic amines is 1. The summed E-state index contributed by atoms with van der Waals surface area (Å²) >= 11 is 0. The molecule has 1 aromatic carbocycles. The van der Waals surface area contributed by atoms with E-state index in [-0.39, 0.29) is 12.2 Å². The SMILES string of the molecule is O=C(CCc1c[nH]c2ccccc12)NO[C@H]1CCCCO1. The molecule has 1 saturated heterocycles. The first-order chi connectivity index (χ1) is 10.3. The summed E-state index contributed by atoms with van der Waals surface area (Å²) in [7, 11) is 0. The number of hydrogen-bond acceptors (Lipinski definition) is 3. The lowest BCUT2D eigenvalue weighted by molar-refractivity contribution is -0.200. The summed E-state index contributed by atoms with van der Waals surface area (Å²) < 4.78 is 5.39. The number of hydroxylamine groups is 1. The molecule has 2 N–H and O–H groups in total. The maximum Gasteiger partial charge on any atom is 0.243 e. The highest BCUT2D eigenvalue weighted by molar-refractivity contribution is 5.84. The van der Waals surface area contributed by atoms with Gasteiger partial charge in [-0.25, -0.2) is 10.3 Å². The van der Waals surface area contributed by atoms with Crippen molar-refractivity contribution in [3.8, 4) is 0 Å². The fourth-order valence-electron chi connectivity index (χ4n) is 2.57. The van der Waals surface area contributed by atoms with Crippen LogP contribution in [0.5, 0.6) is 0 Å². The van der Waals surface area contributed by atoms with Gasteiger partial charge in [0.25, 0.3) is 0 Å². The number of rotatable bonds is 5. The molecule has 0 aliphatic carbocycles. The molecule has 0 bridgehead atoms. The molecule has 0 unspecified atom stereocenters. The third-order valence-electron chi connectivity index (χ3n) is 3.74. The smallest absolute Gasteiger partial charge is 0.243 e. The van der Waals surface area contributed by atoms with E-state index in [9.17, 15) is 4.79 Å². The predicted octanol–water partition coefficient (Wildman–Crippen LogP) is 2.67. The van der Waals surface area contributed by atoms with E-state index in [4.69, 9.17) is 9.57 Å². The third kappa shape index (κ3) is 3.62. The second-order valence-electron chi connectivity index (χ2n) is 5.30. The molecule has 112 valence electrons. The number of amides is 1. The van der Waals surface area contributed by atoms with Crippen LogP contribution in [0.25, 0.3) is 10.9 Å². The van der Waals surface area contributed by atoms with Gasteiger partial charge in [0.05, 0.1) is 0 Å². The van der Waals surface area contributed by atoms with E-state index in [0.717, 1.165) is 30.3 Å². The number of H-pyrrole nitrogens is 1. The Bertz CT molecular complexity index is 602. The number of aryl methyl sites for hydroxylation is 1. The summed E-state index contributed by atoms with van der Waals surface area (Å²) in [6, 6.07) is 8.09. The van der Waals surface area contributed by atoms with Crippen LogP contribution in [0.4, 0.5) is 0 Å². The number of ether oxygens (including phenoxy) is 1.